The molecule has 0 amide bonds. The van der Waals surface area contributed by atoms with Crippen molar-refractivity contribution in [3.05, 3.63) is 11.1 Å². The number of carbonyl (C=O) groups is 1. The Balaban J connectivity index is 2.70. The Morgan fingerprint density at radius 2 is 2.33 bits per heavy atom. The van der Waals surface area contributed by atoms with Crippen molar-refractivity contribution < 1.29 is 9.90 Å². The molecular formula is C7H10O2. The molecule has 9 heavy (non-hydrogen) atoms. The van der Waals surface area contributed by atoms with Crippen LogP contribution in [0.5, 0.6) is 0 Å². The minimum atomic E-state index is -0.724. The van der Waals surface area contributed by atoms with Crippen LogP contribution in [0.25, 0.3) is 0 Å². The maximum absolute atomic E-state index is 10.3. The first kappa shape index (κ1) is 6.33. The highest BCUT2D eigenvalue weighted by Gasteiger charge is 2.20. The molecule has 1 rings (SSSR count). The summed E-state index contributed by atoms with van der Waals surface area (Å²) in [6.07, 6.45) is 2.68. The second kappa shape index (κ2) is 2.21. The van der Waals surface area contributed by atoms with Gasteiger partial charge in [0.2, 0.25) is 0 Å². The molecule has 0 bridgehead atoms. The van der Waals surface area contributed by atoms with Crippen molar-refractivity contribution in [1.29, 1.82) is 0 Å². The fraction of sp³-hybridized carbons (Fsp3) is 0.571. The molecule has 0 saturated heterocycles. The largest absolute Gasteiger partial charge is 0.478 e. The standard InChI is InChI=1S/C7H10O2/c1-2-5-3-4-6(5)7(8)9/h2-4H2,1H3,(H,8,9). The lowest BCUT2D eigenvalue weighted by atomic mass is 9.87. The van der Waals surface area contributed by atoms with Gasteiger partial charge in [0, 0.05) is 5.57 Å². The molecule has 1 N–H and O–H groups in total. The van der Waals surface area contributed by atoms with Gasteiger partial charge in [0.1, 0.15) is 0 Å². The maximum atomic E-state index is 10.3. The van der Waals surface area contributed by atoms with Gasteiger partial charge in [0.25, 0.3) is 0 Å². The van der Waals surface area contributed by atoms with Crippen LogP contribution in [0.2, 0.25) is 0 Å². The van der Waals surface area contributed by atoms with E-state index in [2.05, 4.69) is 0 Å². The number of aliphatic carboxylic acids is 1. The zero-order chi connectivity index (χ0) is 6.85. The summed E-state index contributed by atoms with van der Waals surface area (Å²) in [6, 6.07) is 0. The van der Waals surface area contributed by atoms with Crippen LogP contribution in [-0.4, -0.2) is 11.1 Å². The summed E-state index contributed by atoms with van der Waals surface area (Å²) >= 11 is 0. The van der Waals surface area contributed by atoms with Crippen molar-refractivity contribution in [1.82, 2.24) is 0 Å². The highest BCUT2D eigenvalue weighted by atomic mass is 16.4. The van der Waals surface area contributed by atoms with Crippen LogP contribution >= 0.6 is 0 Å². The number of carboxylic acids is 1. The molecule has 0 saturated carbocycles. The number of carboxylic acid groups (broad SMARTS) is 1. The first-order chi connectivity index (χ1) is 4.25. The summed E-state index contributed by atoms with van der Waals surface area (Å²) in [5.41, 5.74) is 1.78. The minimum Gasteiger partial charge on any atom is -0.478 e. The van der Waals surface area contributed by atoms with E-state index >= 15 is 0 Å². The lowest BCUT2D eigenvalue weighted by Crippen LogP contribution is -2.12. The Morgan fingerprint density at radius 1 is 1.67 bits per heavy atom. The van der Waals surface area contributed by atoms with Crippen LogP contribution in [0, 0.1) is 0 Å². The number of hydrogen-bond donors (Lipinski definition) is 1. The summed E-state index contributed by atoms with van der Waals surface area (Å²) in [7, 11) is 0. The molecule has 1 aliphatic carbocycles. The fourth-order valence-electron chi connectivity index (χ4n) is 1.08. The monoisotopic (exact) mass is 126 g/mol. The second-order valence-electron chi connectivity index (χ2n) is 2.24. The topological polar surface area (TPSA) is 37.3 Å². The van der Waals surface area contributed by atoms with Gasteiger partial charge in [-0.1, -0.05) is 12.5 Å². The quantitative estimate of drug-likeness (QED) is 0.609. The molecular weight excluding hydrogens is 116 g/mol. The van der Waals surface area contributed by atoms with Gasteiger partial charge in [-0.25, -0.2) is 4.79 Å². The zero-order valence-corrected chi connectivity index (χ0v) is 5.48. The molecule has 2 heteroatoms. The third-order valence-corrected chi connectivity index (χ3v) is 1.79. The molecule has 0 aromatic rings. The molecule has 0 radical (unpaired) electrons. The lowest BCUT2D eigenvalue weighted by molar-refractivity contribution is -0.133. The van der Waals surface area contributed by atoms with Crippen molar-refractivity contribution in [2.45, 2.75) is 26.2 Å². The van der Waals surface area contributed by atoms with Crippen LogP contribution in [-0.2, 0) is 4.79 Å². The molecule has 50 valence electrons. The fourth-order valence-corrected chi connectivity index (χ4v) is 1.08. The average molecular weight is 126 g/mol. The Bertz CT molecular complexity index is 168. The SMILES string of the molecule is CCC1=C(C(=O)O)CC1. The summed E-state index contributed by atoms with van der Waals surface area (Å²) < 4.78 is 0. The van der Waals surface area contributed by atoms with Gasteiger partial charge in [-0.15, -0.1) is 0 Å². The van der Waals surface area contributed by atoms with Crippen molar-refractivity contribution in [3.8, 4) is 0 Å². The normalized spacial score (nSPS) is 17.4. The van der Waals surface area contributed by atoms with E-state index in [1.807, 2.05) is 6.92 Å². The molecule has 0 aromatic heterocycles. The van der Waals surface area contributed by atoms with Crippen molar-refractivity contribution >= 4 is 5.97 Å². The van der Waals surface area contributed by atoms with Crippen LogP contribution in [0.4, 0.5) is 0 Å². The number of allylic oxidation sites excluding steroid dienone is 1. The minimum absolute atomic E-state index is 0.650. The smallest absolute Gasteiger partial charge is 0.331 e. The van der Waals surface area contributed by atoms with Gasteiger partial charge in [0.15, 0.2) is 0 Å². The predicted octanol–water partition coefficient (Wildman–Crippen LogP) is 1.57. The van der Waals surface area contributed by atoms with Gasteiger partial charge in [-0.3, -0.25) is 0 Å². The van der Waals surface area contributed by atoms with Gasteiger partial charge in [-0.2, -0.15) is 0 Å². The molecule has 0 heterocycles. The molecule has 0 atom stereocenters. The number of hydrogen-bond acceptors (Lipinski definition) is 1. The summed E-state index contributed by atoms with van der Waals surface area (Å²) in [5.74, 6) is -0.724. The molecule has 0 aromatic carbocycles. The van der Waals surface area contributed by atoms with E-state index in [0.29, 0.717) is 5.57 Å². The van der Waals surface area contributed by atoms with Crippen molar-refractivity contribution in [2.24, 2.45) is 0 Å². The van der Waals surface area contributed by atoms with Crippen molar-refractivity contribution in [2.75, 3.05) is 0 Å². The van der Waals surface area contributed by atoms with Crippen LogP contribution in [0.15, 0.2) is 11.1 Å². The van der Waals surface area contributed by atoms with Gasteiger partial charge < -0.3 is 5.11 Å². The van der Waals surface area contributed by atoms with Crippen molar-refractivity contribution in [3.63, 3.8) is 0 Å². The Morgan fingerprint density at radius 3 is 2.44 bits per heavy atom. The lowest BCUT2D eigenvalue weighted by Gasteiger charge is -2.18. The van der Waals surface area contributed by atoms with Crippen LogP contribution in [0.1, 0.15) is 26.2 Å². The first-order valence-electron chi connectivity index (χ1n) is 3.20. The molecule has 0 spiro atoms. The zero-order valence-electron chi connectivity index (χ0n) is 5.48. The third kappa shape index (κ3) is 0.969. The average Bonchev–Trinajstić information content (AvgIpc) is 1.61. The highest BCUT2D eigenvalue weighted by molar-refractivity contribution is 5.89. The summed E-state index contributed by atoms with van der Waals surface area (Å²) in [6.45, 7) is 2.00. The van der Waals surface area contributed by atoms with Gasteiger partial charge >= 0.3 is 5.97 Å². The van der Waals surface area contributed by atoms with E-state index in [4.69, 9.17) is 5.11 Å². The molecule has 0 unspecified atom stereocenters. The van der Waals surface area contributed by atoms with E-state index < -0.39 is 5.97 Å². The predicted molar refractivity (Wildman–Crippen MR) is 34.2 cm³/mol. The molecule has 2 nitrogen and oxygen atoms in total. The maximum Gasteiger partial charge on any atom is 0.331 e. The van der Waals surface area contributed by atoms with E-state index in [1.165, 1.54) is 0 Å². The van der Waals surface area contributed by atoms with E-state index in [9.17, 15) is 4.79 Å². The number of rotatable bonds is 2. The third-order valence-electron chi connectivity index (χ3n) is 1.79. The first-order valence-corrected chi connectivity index (χ1v) is 3.20. The molecule has 0 aliphatic heterocycles. The van der Waals surface area contributed by atoms with E-state index in [1.54, 1.807) is 0 Å². The summed E-state index contributed by atoms with van der Waals surface area (Å²) in [5, 5.41) is 8.48. The van der Waals surface area contributed by atoms with Crippen LogP contribution in [0.3, 0.4) is 0 Å². The highest BCUT2D eigenvalue weighted by Crippen LogP contribution is 2.29. The molecule has 1 aliphatic rings. The van der Waals surface area contributed by atoms with Crippen LogP contribution < -0.4 is 0 Å². The van der Waals surface area contributed by atoms with Gasteiger partial charge in [-0.05, 0) is 19.3 Å². The van der Waals surface area contributed by atoms with E-state index in [0.717, 1.165) is 24.8 Å². The Hall–Kier alpha value is -0.790. The Kier molecular flexibility index (Phi) is 1.56. The molecule has 0 fully saturated rings. The van der Waals surface area contributed by atoms with Gasteiger partial charge in [0.05, 0.1) is 0 Å². The van der Waals surface area contributed by atoms with E-state index in [-0.39, 0.29) is 0 Å². The summed E-state index contributed by atoms with van der Waals surface area (Å²) in [4.78, 5) is 10.3. The second-order valence-corrected chi connectivity index (χ2v) is 2.24. The Labute approximate surface area is 54.2 Å².